The van der Waals surface area contributed by atoms with Crippen LogP contribution in [-0.2, 0) is 11.3 Å². The highest BCUT2D eigenvalue weighted by Gasteiger charge is 2.21. The van der Waals surface area contributed by atoms with Crippen molar-refractivity contribution in [2.24, 2.45) is 4.99 Å². The lowest BCUT2D eigenvalue weighted by molar-refractivity contribution is -0.136. The molecule has 0 bridgehead atoms. The second kappa shape index (κ2) is 16.6. The van der Waals surface area contributed by atoms with Gasteiger partial charge in [-0.15, -0.1) is 0 Å². The van der Waals surface area contributed by atoms with E-state index in [-0.39, 0.29) is 31.5 Å². The maximum Gasteiger partial charge on any atom is 0.305 e. The summed E-state index contributed by atoms with van der Waals surface area (Å²) in [5, 5.41) is 26.6. The van der Waals surface area contributed by atoms with Gasteiger partial charge in [0.15, 0.2) is 0 Å². The average Bonchev–Trinajstić information content (AvgIpc) is 3.05. The zero-order chi connectivity index (χ0) is 31.3. The third kappa shape index (κ3) is 9.37. The summed E-state index contributed by atoms with van der Waals surface area (Å²) in [6.07, 6.45) is 6.06. The van der Waals surface area contributed by atoms with Crippen LogP contribution in [0.4, 0.5) is 5.69 Å². The molecule has 3 N–H and O–H groups in total. The molecule has 0 aromatic heterocycles. The lowest BCUT2D eigenvalue weighted by atomic mass is 9.84. The van der Waals surface area contributed by atoms with Gasteiger partial charge in [0.25, 0.3) is 5.91 Å². The maximum absolute atomic E-state index is 12.5. The maximum atomic E-state index is 12.5. The molecule has 10 heteroatoms. The molecule has 4 rings (SSSR count). The molecule has 1 fully saturated rings. The Morgan fingerprint density at radius 1 is 1.05 bits per heavy atom. The number of hydrogen-bond donors (Lipinski definition) is 3. The quantitative estimate of drug-likeness (QED) is 0.0872. The molecule has 1 atom stereocenters. The van der Waals surface area contributed by atoms with Crippen molar-refractivity contribution in [3.63, 3.8) is 0 Å². The van der Waals surface area contributed by atoms with Gasteiger partial charge >= 0.3 is 5.97 Å². The van der Waals surface area contributed by atoms with Gasteiger partial charge in [-0.25, -0.2) is 4.99 Å². The number of anilines is 1. The normalized spacial score (nSPS) is 14.2. The molecule has 44 heavy (non-hydrogen) atoms. The minimum atomic E-state index is -0.970. The third-order valence-electron chi connectivity index (χ3n) is 7.67. The number of nitrogens with zero attached hydrogens (tertiary/aromatic N) is 3. The van der Waals surface area contributed by atoms with Crippen LogP contribution < -0.4 is 15.5 Å². The molecule has 0 heterocycles. The summed E-state index contributed by atoms with van der Waals surface area (Å²) in [7, 11) is 0. The fourth-order valence-electron chi connectivity index (χ4n) is 5.30. The van der Waals surface area contributed by atoms with Crippen LogP contribution in [0.2, 0.25) is 5.02 Å². The third-order valence-corrected chi connectivity index (χ3v) is 8.19. The number of carboxylic acid groups (broad SMARTS) is 1. The van der Waals surface area contributed by atoms with E-state index in [0.29, 0.717) is 29.0 Å². The molecule has 1 unspecified atom stereocenters. The van der Waals surface area contributed by atoms with E-state index in [2.05, 4.69) is 46.0 Å². The Morgan fingerprint density at radius 3 is 2.34 bits per heavy atom. The van der Waals surface area contributed by atoms with Gasteiger partial charge in [0.05, 0.1) is 25.1 Å². The van der Waals surface area contributed by atoms with Gasteiger partial charge in [0, 0.05) is 28.2 Å². The summed E-state index contributed by atoms with van der Waals surface area (Å²) in [4.78, 5) is 29.9. The van der Waals surface area contributed by atoms with E-state index in [4.69, 9.17) is 28.9 Å². The number of aliphatic imine (C=N–C) groups is 1. The van der Waals surface area contributed by atoms with Crippen LogP contribution in [-0.4, -0.2) is 41.4 Å². The number of carbonyl (C=O) groups is 2. The molecular formula is C34H36ClN5O3S. The lowest BCUT2D eigenvalue weighted by Crippen LogP contribution is -2.43. The summed E-state index contributed by atoms with van der Waals surface area (Å²) < 4.78 is 0. The average molecular weight is 630 g/mol. The first kappa shape index (κ1) is 32.6. The van der Waals surface area contributed by atoms with Crippen molar-refractivity contribution in [3.8, 4) is 6.07 Å². The van der Waals surface area contributed by atoms with Crippen LogP contribution in [0.1, 0.15) is 77.5 Å². The van der Waals surface area contributed by atoms with Crippen molar-refractivity contribution in [2.75, 3.05) is 18.0 Å². The molecule has 1 aliphatic carbocycles. The number of aliphatic carboxylic acids is 1. The standard InChI is InChI=1S/C34H36ClN5O3S/c35-29-14-10-27(11-15-29)31(23-44)39-34(38-21-19-36)40(30-16-12-26(13-17-30)25-4-2-1-3-5-25)22-24-6-8-28(9-7-24)33(43)37-20-18-32(41)42/h6-17,23,25,31H,1-5,18,20-22H2,(H,37,43)(H,38,39)(H,41,42). The summed E-state index contributed by atoms with van der Waals surface area (Å²) in [6.45, 7) is 0.393. The smallest absolute Gasteiger partial charge is 0.305 e. The Morgan fingerprint density at radius 2 is 1.73 bits per heavy atom. The first-order valence-corrected chi connectivity index (χ1v) is 15.6. The number of nitriles is 1. The van der Waals surface area contributed by atoms with Crippen molar-refractivity contribution in [1.82, 2.24) is 10.6 Å². The molecule has 3 aromatic rings. The van der Waals surface area contributed by atoms with Gasteiger partial charge in [-0.1, -0.05) is 79.5 Å². The van der Waals surface area contributed by atoms with Crippen LogP contribution in [0.25, 0.3) is 0 Å². The van der Waals surface area contributed by atoms with Gasteiger partial charge in [0.2, 0.25) is 5.96 Å². The predicted molar refractivity (Wildman–Crippen MR) is 178 cm³/mol. The number of nitrogens with one attached hydrogen (secondary N) is 2. The monoisotopic (exact) mass is 629 g/mol. The van der Waals surface area contributed by atoms with Crippen molar-refractivity contribution < 1.29 is 14.7 Å². The highest BCUT2D eigenvalue weighted by Crippen LogP contribution is 2.33. The number of guanidine groups is 1. The van der Waals surface area contributed by atoms with Crippen molar-refractivity contribution >= 4 is 52.7 Å². The zero-order valence-electron chi connectivity index (χ0n) is 24.4. The number of hydrogen-bond acceptors (Lipinski definition) is 5. The Kier molecular flexibility index (Phi) is 12.3. The van der Waals surface area contributed by atoms with Gasteiger partial charge in [-0.05, 0) is 71.8 Å². The second-order valence-corrected chi connectivity index (χ2v) is 11.4. The summed E-state index contributed by atoms with van der Waals surface area (Å²) >= 11 is 11.5. The number of carbonyl (C=O) groups excluding carboxylic acids is 1. The number of amides is 1. The molecule has 1 aliphatic rings. The molecular weight excluding hydrogens is 594 g/mol. The fourth-order valence-corrected chi connectivity index (χ4v) is 5.66. The van der Waals surface area contributed by atoms with E-state index >= 15 is 0 Å². The van der Waals surface area contributed by atoms with Crippen molar-refractivity contribution in [3.05, 3.63) is 100 Å². The van der Waals surface area contributed by atoms with Gasteiger partial charge in [-0.3, -0.25) is 9.59 Å². The van der Waals surface area contributed by atoms with Crippen molar-refractivity contribution in [1.29, 1.82) is 5.26 Å². The van der Waals surface area contributed by atoms with Crippen LogP contribution in [0.5, 0.6) is 0 Å². The summed E-state index contributed by atoms with van der Waals surface area (Å²) in [5.41, 5.74) is 4.46. The minimum absolute atomic E-state index is 0.0552. The first-order chi connectivity index (χ1) is 21.4. The van der Waals surface area contributed by atoms with Crippen LogP contribution in [0.3, 0.4) is 0 Å². The van der Waals surface area contributed by atoms with E-state index in [1.54, 1.807) is 29.6 Å². The highest BCUT2D eigenvalue weighted by molar-refractivity contribution is 7.79. The van der Waals surface area contributed by atoms with Gasteiger partial charge in [-0.2, -0.15) is 5.26 Å². The molecule has 0 spiro atoms. The van der Waals surface area contributed by atoms with E-state index in [0.717, 1.165) is 16.8 Å². The molecule has 0 saturated heterocycles. The predicted octanol–water partition coefficient (Wildman–Crippen LogP) is 6.81. The Hall–Kier alpha value is -4.26. The van der Waals surface area contributed by atoms with Crippen LogP contribution in [0, 0.1) is 11.3 Å². The number of halogens is 1. The summed E-state index contributed by atoms with van der Waals surface area (Å²) in [5.74, 6) is -0.262. The molecule has 8 nitrogen and oxygen atoms in total. The Balaban J connectivity index is 1.63. The Bertz CT molecular complexity index is 1480. The SMILES string of the molecule is N#CCN=C(NC(C=S)c1ccc(Cl)cc1)N(Cc1ccc(C(=O)NCCC(=O)O)cc1)c1ccc(C2CCCCC2)cc1. The lowest BCUT2D eigenvalue weighted by Gasteiger charge is -2.30. The summed E-state index contributed by atoms with van der Waals surface area (Å²) in [6, 6.07) is 24.8. The van der Waals surface area contributed by atoms with E-state index in [9.17, 15) is 14.9 Å². The molecule has 1 saturated carbocycles. The zero-order valence-corrected chi connectivity index (χ0v) is 26.0. The fraction of sp³-hybridized carbons (Fsp3) is 0.324. The molecule has 0 radical (unpaired) electrons. The van der Waals surface area contributed by atoms with Crippen LogP contribution >= 0.6 is 23.8 Å². The largest absolute Gasteiger partial charge is 0.481 e. The topological polar surface area (TPSA) is 118 Å². The van der Waals surface area contributed by atoms with E-state index < -0.39 is 5.97 Å². The van der Waals surface area contributed by atoms with E-state index in [1.165, 1.54) is 37.7 Å². The first-order valence-electron chi connectivity index (χ1n) is 14.7. The number of thiocarbonyl (C=S) groups is 1. The number of benzene rings is 3. The van der Waals surface area contributed by atoms with Gasteiger partial charge < -0.3 is 20.6 Å². The molecule has 1 amide bonds. The van der Waals surface area contributed by atoms with Crippen molar-refractivity contribution in [2.45, 2.75) is 57.0 Å². The Labute approximate surface area is 268 Å². The van der Waals surface area contributed by atoms with E-state index in [1.807, 2.05) is 29.2 Å². The molecule has 0 aliphatic heterocycles. The highest BCUT2D eigenvalue weighted by atomic mass is 35.5. The minimum Gasteiger partial charge on any atom is -0.481 e. The number of carboxylic acids is 1. The van der Waals surface area contributed by atoms with Gasteiger partial charge in [0.1, 0.15) is 6.54 Å². The van der Waals surface area contributed by atoms with Crippen LogP contribution in [0.15, 0.2) is 77.8 Å². The number of rotatable bonds is 12. The second-order valence-electron chi connectivity index (χ2n) is 10.7. The molecule has 3 aromatic carbocycles. The molecule has 228 valence electrons.